The predicted molar refractivity (Wildman–Crippen MR) is 194 cm³/mol. The van der Waals surface area contributed by atoms with E-state index in [-0.39, 0.29) is 52.1 Å². The average molecular weight is 785 g/mol. The summed E-state index contributed by atoms with van der Waals surface area (Å²) in [6.45, 7) is 13.8. The Labute approximate surface area is 324 Å². The van der Waals surface area contributed by atoms with E-state index < -0.39 is 96.8 Å². The Balaban J connectivity index is 1.02. The fourth-order valence-corrected chi connectivity index (χ4v) is 14.9. The van der Waals surface area contributed by atoms with E-state index in [9.17, 15) is 46.0 Å². The van der Waals surface area contributed by atoms with E-state index >= 15 is 0 Å². The zero-order valence-electron chi connectivity index (χ0n) is 33.6. The summed E-state index contributed by atoms with van der Waals surface area (Å²) in [6.07, 6.45) is -7.87. The van der Waals surface area contributed by atoms with Gasteiger partial charge in [-0.1, -0.05) is 27.7 Å². The molecule has 8 rings (SSSR count). The van der Waals surface area contributed by atoms with Crippen LogP contribution >= 0.6 is 0 Å². The van der Waals surface area contributed by atoms with E-state index in [4.69, 9.17) is 23.7 Å². The van der Waals surface area contributed by atoms with Crippen LogP contribution in [0.1, 0.15) is 106 Å². The lowest BCUT2D eigenvalue weighted by molar-refractivity contribution is -0.366. The van der Waals surface area contributed by atoms with Gasteiger partial charge in [0, 0.05) is 5.92 Å². The number of aliphatic hydroxyl groups excluding tert-OH is 8. The summed E-state index contributed by atoms with van der Waals surface area (Å²) < 4.78 is 30.9. The smallest absolute Gasteiger partial charge is 0.187 e. The van der Waals surface area contributed by atoms with Crippen LogP contribution in [-0.4, -0.2) is 150 Å². The summed E-state index contributed by atoms with van der Waals surface area (Å²) in [5.41, 5.74) is -2.64. The Morgan fingerprint density at radius 1 is 0.709 bits per heavy atom. The van der Waals surface area contributed by atoms with E-state index in [0.29, 0.717) is 19.3 Å². The van der Waals surface area contributed by atoms with Crippen LogP contribution in [0, 0.1) is 44.8 Å². The largest absolute Gasteiger partial charge is 0.394 e. The monoisotopic (exact) mass is 784 g/mol. The zero-order valence-corrected chi connectivity index (χ0v) is 33.6. The summed E-state index contributed by atoms with van der Waals surface area (Å²) in [5.74, 6) is 0.0159. The van der Waals surface area contributed by atoms with Crippen LogP contribution in [0.4, 0.5) is 0 Å². The second kappa shape index (κ2) is 13.2. The van der Waals surface area contributed by atoms with Crippen molar-refractivity contribution in [3.63, 3.8) is 0 Å². The minimum Gasteiger partial charge on any atom is -0.394 e. The predicted octanol–water partition coefficient (Wildman–Crippen LogP) is 0.724. The van der Waals surface area contributed by atoms with E-state index in [1.807, 2.05) is 0 Å². The minimum atomic E-state index is -1.72. The number of rotatable bonds is 7. The van der Waals surface area contributed by atoms with E-state index in [1.165, 1.54) is 0 Å². The van der Waals surface area contributed by atoms with Gasteiger partial charge in [0.15, 0.2) is 12.6 Å². The van der Waals surface area contributed by atoms with Gasteiger partial charge in [0.05, 0.1) is 48.8 Å². The third-order valence-corrected chi connectivity index (χ3v) is 17.6. The molecule has 9 N–H and O–H groups in total. The summed E-state index contributed by atoms with van der Waals surface area (Å²) >= 11 is 0. The van der Waals surface area contributed by atoms with Crippen LogP contribution in [0.3, 0.4) is 0 Å². The molecular weight excluding hydrogens is 716 g/mol. The molecule has 14 nitrogen and oxygen atoms in total. The molecule has 55 heavy (non-hydrogen) atoms. The minimum absolute atomic E-state index is 0.0193. The Kier molecular flexibility index (Phi) is 9.90. The highest BCUT2D eigenvalue weighted by Gasteiger charge is 2.85. The van der Waals surface area contributed by atoms with Gasteiger partial charge in [0.2, 0.25) is 0 Å². The molecule has 0 amide bonds. The first-order valence-corrected chi connectivity index (χ1v) is 20.9. The second-order valence-electron chi connectivity index (χ2n) is 21.1. The van der Waals surface area contributed by atoms with Crippen LogP contribution in [0.5, 0.6) is 0 Å². The lowest BCUT2D eigenvalue weighted by atomic mass is 9.41. The SMILES string of the molecule is CC(C)(O)[C@@H]1CC[C@](C)([C@H]2[C@@H](O)C[C@@]3(C)C4C[C@H](O)C5C(C)(C)[C@@H](O[C@@H]6OC[C@@H](O)[C@H](O)[C@H]6O[C@@H]6O[C@H](CO)[C@@H](O)[C@H](O)[C@H]6O)CC[C@@]56CC46CC[C@]23C)O1. The summed E-state index contributed by atoms with van der Waals surface area (Å²) in [4.78, 5) is 0. The third kappa shape index (κ3) is 5.70. The number of hydrogen-bond donors (Lipinski definition) is 9. The number of aliphatic hydroxyl groups is 9. The van der Waals surface area contributed by atoms with Crippen molar-refractivity contribution < 1.29 is 69.6 Å². The van der Waals surface area contributed by atoms with Crippen molar-refractivity contribution in [2.24, 2.45) is 44.8 Å². The van der Waals surface area contributed by atoms with Gasteiger partial charge in [-0.3, -0.25) is 0 Å². The van der Waals surface area contributed by atoms with Crippen LogP contribution in [0.2, 0.25) is 0 Å². The molecule has 0 bridgehead atoms. The van der Waals surface area contributed by atoms with Gasteiger partial charge in [-0.2, -0.15) is 0 Å². The molecule has 0 aromatic heterocycles. The maximum Gasteiger partial charge on any atom is 0.187 e. The van der Waals surface area contributed by atoms with Gasteiger partial charge in [0.25, 0.3) is 0 Å². The van der Waals surface area contributed by atoms with Gasteiger partial charge >= 0.3 is 0 Å². The van der Waals surface area contributed by atoms with Crippen molar-refractivity contribution >= 4 is 0 Å². The maximum absolute atomic E-state index is 12.4. The highest BCUT2D eigenvalue weighted by Crippen LogP contribution is 2.89. The van der Waals surface area contributed by atoms with Gasteiger partial charge in [-0.05, 0) is 117 Å². The first-order chi connectivity index (χ1) is 25.5. The molecule has 3 aliphatic heterocycles. The van der Waals surface area contributed by atoms with Gasteiger partial charge in [0.1, 0.15) is 42.7 Å². The Morgan fingerprint density at radius 2 is 1.42 bits per heavy atom. The first-order valence-electron chi connectivity index (χ1n) is 20.9. The molecule has 8 aliphatic rings. The highest BCUT2D eigenvalue weighted by atomic mass is 16.8. The normalized spacial score (nSPS) is 58.7. The fraction of sp³-hybridized carbons (Fsp3) is 1.00. The van der Waals surface area contributed by atoms with Gasteiger partial charge in [-0.25, -0.2) is 0 Å². The topological polar surface area (TPSA) is 228 Å². The number of ether oxygens (including phenoxy) is 5. The number of hydrogen-bond acceptors (Lipinski definition) is 14. The molecule has 3 saturated heterocycles. The number of fused-ring (bicyclic) bond motifs is 2. The molecule has 14 heteroatoms. The zero-order chi connectivity index (χ0) is 40.1. The van der Waals surface area contributed by atoms with E-state index in [0.717, 1.165) is 38.5 Å². The average Bonchev–Trinajstić information content (AvgIpc) is 3.45. The Hall–Kier alpha value is -0.560. The van der Waals surface area contributed by atoms with Gasteiger partial charge in [-0.15, -0.1) is 0 Å². The molecule has 0 radical (unpaired) electrons. The quantitative estimate of drug-likeness (QED) is 0.162. The van der Waals surface area contributed by atoms with Crippen molar-refractivity contribution in [3.8, 4) is 0 Å². The molecular formula is C41H68O14. The standard InChI is InChI=1S/C41H68O14/c1-35(2)24(53-34-30(26(46)21(45)17-51-34)54-33-29(49)28(48)27(47)22(16-42)52-33)9-11-41-18-40(41)13-12-37(5)32(39(7)10-8-25(55-39)36(3,4)50)20(44)15-38(37,6)23(40)14-19(43)31(35)41/h19-34,42-50H,8-18H2,1-7H3/t19-,20-,21+,22+,23?,24-,25-,26-,27+,28-,29+,30+,31?,32-,33-,34-,37+,38-,39+,40?,41+/m0/s1. The molecule has 0 aromatic rings. The van der Waals surface area contributed by atoms with Crippen molar-refractivity contribution in [3.05, 3.63) is 0 Å². The second-order valence-corrected chi connectivity index (χ2v) is 21.1. The molecule has 21 atom stereocenters. The third-order valence-electron chi connectivity index (χ3n) is 17.6. The van der Waals surface area contributed by atoms with E-state index in [2.05, 4.69) is 34.6 Å². The lowest BCUT2D eigenvalue weighted by Crippen LogP contribution is -2.64. The molecule has 316 valence electrons. The summed E-state index contributed by atoms with van der Waals surface area (Å²) in [7, 11) is 0. The Bertz CT molecular complexity index is 1460. The summed E-state index contributed by atoms with van der Waals surface area (Å²) in [5, 5.41) is 97.9. The molecule has 0 aromatic carbocycles. The van der Waals surface area contributed by atoms with Crippen LogP contribution in [0.25, 0.3) is 0 Å². The lowest BCUT2D eigenvalue weighted by Gasteiger charge is -2.64. The van der Waals surface area contributed by atoms with Crippen molar-refractivity contribution in [2.75, 3.05) is 13.2 Å². The first kappa shape index (κ1) is 41.2. The maximum atomic E-state index is 12.4. The summed E-state index contributed by atoms with van der Waals surface area (Å²) in [6, 6.07) is 0. The van der Waals surface area contributed by atoms with Crippen LogP contribution in [-0.2, 0) is 23.7 Å². The molecule has 5 aliphatic carbocycles. The highest BCUT2D eigenvalue weighted by molar-refractivity contribution is 5.33. The Morgan fingerprint density at radius 3 is 2.07 bits per heavy atom. The van der Waals surface area contributed by atoms with Crippen molar-refractivity contribution in [1.82, 2.24) is 0 Å². The van der Waals surface area contributed by atoms with E-state index in [1.54, 1.807) is 13.8 Å². The van der Waals surface area contributed by atoms with Crippen molar-refractivity contribution in [1.29, 1.82) is 0 Å². The van der Waals surface area contributed by atoms with Crippen LogP contribution < -0.4 is 0 Å². The molecule has 5 saturated carbocycles. The fourth-order valence-electron chi connectivity index (χ4n) is 14.9. The van der Waals surface area contributed by atoms with Crippen LogP contribution in [0.15, 0.2) is 0 Å². The molecule has 3 heterocycles. The molecule has 8 fully saturated rings. The molecule has 3 unspecified atom stereocenters. The molecule has 2 spiro atoms. The van der Waals surface area contributed by atoms with Gasteiger partial charge < -0.3 is 69.6 Å². The van der Waals surface area contributed by atoms with Crippen molar-refractivity contribution in [2.45, 2.75) is 197 Å².